The van der Waals surface area contributed by atoms with Gasteiger partial charge in [0.25, 0.3) is 11.7 Å². The molecule has 3 aromatic carbocycles. The van der Waals surface area contributed by atoms with E-state index in [1.54, 1.807) is 48.5 Å². The zero-order chi connectivity index (χ0) is 25.2. The normalized spacial score (nSPS) is 19.2. The number of halogens is 1. The molecule has 0 aromatic heterocycles. The molecule has 0 bridgehead atoms. The van der Waals surface area contributed by atoms with Gasteiger partial charge in [-0.2, -0.15) is 0 Å². The number of carbonyl (C=O) groups excluding carboxylic acids is 2. The molecule has 2 aliphatic heterocycles. The zero-order valence-electron chi connectivity index (χ0n) is 20.0. The molecule has 2 aliphatic rings. The van der Waals surface area contributed by atoms with E-state index in [4.69, 9.17) is 4.74 Å². The Morgan fingerprint density at radius 3 is 2.36 bits per heavy atom. The number of anilines is 2. The molecule has 0 radical (unpaired) electrons. The first kappa shape index (κ1) is 23.6. The summed E-state index contributed by atoms with van der Waals surface area (Å²) < 4.78 is 20.6. The van der Waals surface area contributed by atoms with Crippen LogP contribution in [0.2, 0.25) is 0 Å². The minimum absolute atomic E-state index is 0.128. The van der Waals surface area contributed by atoms with Gasteiger partial charge in [0.15, 0.2) is 0 Å². The van der Waals surface area contributed by atoms with E-state index < -0.39 is 23.5 Å². The summed E-state index contributed by atoms with van der Waals surface area (Å²) in [5.41, 5.74) is 1.76. The number of hydrogen-bond acceptors (Lipinski definition) is 5. The van der Waals surface area contributed by atoms with Crippen molar-refractivity contribution in [2.75, 3.05) is 29.5 Å². The number of rotatable bonds is 6. The van der Waals surface area contributed by atoms with Crippen LogP contribution in [-0.4, -0.2) is 36.5 Å². The standard InChI is InChI=1S/C29H27FN2O4/c1-2-36-22-9-7-8-19(18-22)27(33)25-26(23-10-3-4-11-24(23)30)32(29(35)28(25)34)21-14-12-20(13-15-21)31-16-5-6-17-31/h3-4,7-15,18,26,33H,2,5-6,16-17H2,1H3/b27-25+. The number of aliphatic hydroxyl groups excluding tert-OH is 1. The van der Waals surface area contributed by atoms with Gasteiger partial charge in [0, 0.05) is 35.6 Å². The molecule has 1 amide bonds. The van der Waals surface area contributed by atoms with E-state index in [0.717, 1.165) is 31.6 Å². The van der Waals surface area contributed by atoms with E-state index in [-0.39, 0.29) is 16.9 Å². The van der Waals surface area contributed by atoms with Crippen molar-refractivity contribution in [3.63, 3.8) is 0 Å². The number of benzene rings is 3. The number of aliphatic hydroxyl groups is 1. The molecule has 0 aliphatic carbocycles. The first-order valence-corrected chi connectivity index (χ1v) is 12.1. The SMILES string of the molecule is CCOc1cccc(/C(O)=C2\C(=O)C(=O)N(c3ccc(N4CCCC4)cc3)C2c2ccccc2F)c1. The highest BCUT2D eigenvalue weighted by Gasteiger charge is 2.47. The fourth-order valence-electron chi connectivity index (χ4n) is 4.94. The van der Waals surface area contributed by atoms with Crippen LogP contribution in [0.15, 0.2) is 78.4 Å². The predicted molar refractivity (Wildman–Crippen MR) is 137 cm³/mol. The largest absolute Gasteiger partial charge is 0.507 e. The van der Waals surface area contributed by atoms with Gasteiger partial charge in [-0.15, -0.1) is 0 Å². The summed E-state index contributed by atoms with van der Waals surface area (Å²) in [7, 11) is 0. The Morgan fingerprint density at radius 2 is 1.67 bits per heavy atom. The Balaban J connectivity index is 1.63. The van der Waals surface area contributed by atoms with Gasteiger partial charge in [-0.25, -0.2) is 4.39 Å². The minimum atomic E-state index is -1.13. The summed E-state index contributed by atoms with van der Waals surface area (Å²) in [5, 5.41) is 11.3. The Hall–Kier alpha value is -4.13. The maximum Gasteiger partial charge on any atom is 0.300 e. The van der Waals surface area contributed by atoms with Crippen molar-refractivity contribution in [1.29, 1.82) is 0 Å². The third-order valence-corrected chi connectivity index (χ3v) is 6.66. The lowest BCUT2D eigenvalue weighted by Crippen LogP contribution is -2.30. The highest BCUT2D eigenvalue weighted by atomic mass is 19.1. The van der Waals surface area contributed by atoms with Gasteiger partial charge >= 0.3 is 0 Å². The molecule has 5 rings (SSSR count). The van der Waals surface area contributed by atoms with Gasteiger partial charge < -0.3 is 14.7 Å². The van der Waals surface area contributed by atoms with Crippen LogP contribution in [0.4, 0.5) is 15.8 Å². The molecule has 2 fully saturated rings. The van der Waals surface area contributed by atoms with Gasteiger partial charge in [-0.1, -0.05) is 30.3 Å². The topological polar surface area (TPSA) is 70.1 Å². The molecule has 2 saturated heterocycles. The third-order valence-electron chi connectivity index (χ3n) is 6.66. The Morgan fingerprint density at radius 1 is 0.972 bits per heavy atom. The van der Waals surface area contributed by atoms with Crippen molar-refractivity contribution in [1.82, 2.24) is 0 Å². The molecule has 0 spiro atoms. The first-order chi connectivity index (χ1) is 17.5. The molecular weight excluding hydrogens is 459 g/mol. The summed E-state index contributed by atoms with van der Waals surface area (Å²) in [4.78, 5) is 30.2. The van der Waals surface area contributed by atoms with Gasteiger partial charge in [-0.3, -0.25) is 14.5 Å². The van der Waals surface area contributed by atoms with E-state index in [2.05, 4.69) is 4.90 Å². The van der Waals surface area contributed by atoms with Gasteiger partial charge in [-0.05, 0) is 62.2 Å². The number of Topliss-reactive ketones (excluding diaryl/α,β-unsaturated/α-hetero) is 1. The molecular formula is C29H27FN2O4. The second-order valence-corrected chi connectivity index (χ2v) is 8.86. The van der Waals surface area contributed by atoms with Crippen LogP contribution < -0.4 is 14.5 Å². The molecule has 3 aromatic rings. The average Bonchev–Trinajstić information content (AvgIpc) is 3.52. The number of carbonyl (C=O) groups is 2. The number of amides is 1. The van der Waals surface area contributed by atoms with Crippen LogP contribution in [0.5, 0.6) is 5.75 Å². The maximum absolute atomic E-state index is 15.1. The van der Waals surface area contributed by atoms with Crippen molar-refractivity contribution in [3.8, 4) is 5.75 Å². The average molecular weight is 487 g/mol. The van der Waals surface area contributed by atoms with Crippen LogP contribution >= 0.6 is 0 Å². The molecule has 184 valence electrons. The van der Waals surface area contributed by atoms with E-state index in [0.29, 0.717) is 23.6 Å². The van der Waals surface area contributed by atoms with Crippen LogP contribution in [0, 0.1) is 5.82 Å². The van der Waals surface area contributed by atoms with Crippen molar-refractivity contribution in [3.05, 3.63) is 95.3 Å². The van der Waals surface area contributed by atoms with Crippen molar-refractivity contribution in [2.24, 2.45) is 0 Å². The van der Waals surface area contributed by atoms with Crippen LogP contribution in [0.25, 0.3) is 5.76 Å². The molecule has 2 heterocycles. The van der Waals surface area contributed by atoms with E-state index in [9.17, 15) is 14.7 Å². The van der Waals surface area contributed by atoms with Crippen molar-refractivity contribution >= 4 is 28.8 Å². The highest BCUT2D eigenvalue weighted by Crippen LogP contribution is 2.43. The molecule has 0 saturated carbocycles. The lowest BCUT2D eigenvalue weighted by molar-refractivity contribution is -0.132. The van der Waals surface area contributed by atoms with Gasteiger partial charge in [0.2, 0.25) is 0 Å². The summed E-state index contributed by atoms with van der Waals surface area (Å²) in [6, 6.07) is 18.8. The van der Waals surface area contributed by atoms with Gasteiger partial charge in [0.1, 0.15) is 17.3 Å². The van der Waals surface area contributed by atoms with Crippen LogP contribution in [0.3, 0.4) is 0 Å². The van der Waals surface area contributed by atoms with Crippen molar-refractivity contribution in [2.45, 2.75) is 25.8 Å². The molecule has 1 atom stereocenters. The summed E-state index contributed by atoms with van der Waals surface area (Å²) >= 11 is 0. The fourth-order valence-corrected chi connectivity index (χ4v) is 4.94. The molecule has 36 heavy (non-hydrogen) atoms. The number of ketones is 1. The molecule has 6 nitrogen and oxygen atoms in total. The summed E-state index contributed by atoms with van der Waals surface area (Å²) in [5.74, 6) is -2.13. The van der Waals surface area contributed by atoms with E-state index >= 15 is 4.39 Å². The molecule has 7 heteroatoms. The first-order valence-electron chi connectivity index (χ1n) is 12.1. The summed E-state index contributed by atoms with van der Waals surface area (Å²) in [6.45, 7) is 4.21. The monoisotopic (exact) mass is 486 g/mol. The predicted octanol–water partition coefficient (Wildman–Crippen LogP) is 5.45. The van der Waals surface area contributed by atoms with Crippen molar-refractivity contribution < 1.29 is 23.8 Å². The van der Waals surface area contributed by atoms with Crippen LogP contribution in [-0.2, 0) is 9.59 Å². The summed E-state index contributed by atoms with van der Waals surface area (Å²) in [6.07, 6.45) is 2.27. The second kappa shape index (κ2) is 9.85. The zero-order valence-corrected chi connectivity index (χ0v) is 20.0. The Kier molecular flexibility index (Phi) is 6.46. The van der Waals surface area contributed by atoms with E-state index in [1.165, 1.54) is 17.0 Å². The molecule has 1 N–H and O–H groups in total. The minimum Gasteiger partial charge on any atom is -0.507 e. The second-order valence-electron chi connectivity index (χ2n) is 8.86. The lowest BCUT2D eigenvalue weighted by Gasteiger charge is -2.26. The Bertz CT molecular complexity index is 1330. The van der Waals surface area contributed by atoms with Gasteiger partial charge in [0.05, 0.1) is 18.2 Å². The fraction of sp³-hybridized carbons (Fsp3) is 0.241. The maximum atomic E-state index is 15.1. The third kappa shape index (κ3) is 4.21. The Labute approximate surface area is 209 Å². The molecule has 1 unspecified atom stereocenters. The van der Waals surface area contributed by atoms with Crippen LogP contribution in [0.1, 0.15) is 36.9 Å². The number of nitrogens with zero attached hydrogens (tertiary/aromatic N) is 2. The number of hydrogen-bond donors (Lipinski definition) is 1. The highest BCUT2D eigenvalue weighted by molar-refractivity contribution is 6.51. The smallest absolute Gasteiger partial charge is 0.300 e. The quantitative estimate of drug-likeness (QED) is 0.285. The number of ether oxygens (including phenoxy) is 1. The van der Waals surface area contributed by atoms with E-state index in [1.807, 2.05) is 19.1 Å². The lowest BCUT2D eigenvalue weighted by atomic mass is 9.94.